The van der Waals surface area contributed by atoms with Crippen molar-refractivity contribution in [1.29, 1.82) is 0 Å². The lowest BCUT2D eigenvalue weighted by Crippen LogP contribution is -2.05. The number of nitrogens with one attached hydrogen (secondary N) is 1. The summed E-state index contributed by atoms with van der Waals surface area (Å²) in [5.41, 5.74) is 5.21. The number of para-hydroxylation sites is 1. The van der Waals surface area contributed by atoms with Gasteiger partial charge in [-0.1, -0.05) is 32.0 Å². The van der Waals surface area contributed by atoms with Crippen molar-refractivity contribution < 1.29 is 0 Å². The summed E-state index contributed by atoms with van der Waals surface area (Å²) in [6, 6.07) is 6.55. The van der Waals surface area contributed by atoms with Crippen LogP contribution in [0.4, 0.5) is 5.69 Å². The highest BCUT2D eigenvalue weighted by Gasteiger charge is 2.06. The molecule has 1 N–H and O–H groups in total. The molecule has 96 valence electrons. The summed E-state index contributed by atoms with van der Waals surface area (Å²) >= 11 is 1.71. The SMILES string of the molecule is CCc1cccc(CC)c1NCc1csc(C)n1. The minimum atomic E-state index is 0.814. The lowest BCUT2D eigenvalue weighted by molar-refractivity contribution is 1.02. The van der Waals surface area contributed by atoms with E-state index in [1.165, 1.54) is 16.8 Å². The number of aromatic nitrogens is 1. The Bertz CT molecular complexity index is 495. The zero-order valence-corrected chi connectivity index (χ0v) is 12.1. The second-order valence-corrected chi connectivity index (χ2v) is 5.43. The van der Waals surface area contributed by atoms with Crippen molar-refractivity contribution in [2.75, 3.05) is 5.32 Å². The molecular weight excluding hydrogens is 240 g/mol. The lowest BCUT2D eigenvalue weighted by Gasteiger charge is -2.14. The van der Waals surface area contributed by atoms with E-state index >= 15 is 0 Å². The monoisotopic (exact) mass is 260 g/mol. The maximum Gasteiger partial charge on any atom is 0.0898 e. The average molecular weight is 260 g/mol. The van der Waals surface area contributed by atoms with E-state index in [9.17, 15) is 0 Å². The Morgan fingerprint density at radius 2 is 1.83 bits per heavy atom. The Kier molecular flexibility index (Phi) is 4.37. The van der Waals surface area contributed by atoms with Gasteiger partial charge in [-0.05, 0) is 30.9 Å². The molecule has 0 amide bonds. The second kappa shape index (κ2) is 6.01. The molecule has 2 aromatic rings. The van der Waals surface area contributed by atoms with Gasteiger partial charge in [0, 0.05) is 11.1 Å². The first-order valence-electron chi connectivity index (χ1n) is 6.50. The standard InChI is InChI=1S/C15H20N2S/c1-4-12-7-6-8-13(5-2)15(12)16-9-14-10-18-11(3)17-14/h6-8,10,16H,4-5,9H2,1-3H3. The molecule has 2 rings (SSSR count). The normalized spacial score (nSPS) is 10.6. The van der Waals surface area contributed by atoms with Crippen LogP contribution in [0.3, 0.4) is 0 Å². The number of hydrogen-bond acceptors (Lipinski definition) is 3. The van der Waals surface area contributed by atoms with Gasteiger partial charge in [0.2, 0.25) is 0 Å². The van der Waals surface area contributed by atoms with Crippen molar-refractivity contribution >= 4 is 17.0 Å². The molecule has 0 radical (unpaired) electrons. The van der Waals surface area contributed by atoms with E-state index in [-0.39, 0.29) is 0 Å². The summed E-state index contributed by atoms with van der Waals surface area (Å²) < 4.78 is 0. The smallest absolute Gasteiger partial charge is 0.0898 e. The van der Waals surface area contributed by atoms with Gasteiger partial charge in [-0.15, -0.1) is 11.3 Å². The van der Waals surface area contributed by atoms with Crippen LogP contribution in [0.15, 0.2) is 23.6 Å². The van der Waals surface area contributed by atoms with Gasteiger partial charge >= 0.3 is 0 Å². The highest BCUT2D eigenvalue weighted by molar-refractivity contribution is 7.09. The van der Waals surface area contributed by atoms with Crippen LogP contribution in [0, 0.1) is 6.92 Å². The van der Waals surface area contributed by atoms with Gasteiger partial charge in [-0.2, -0.15) is 0 Å². The first-order chi connectivity index (χ1) is 8.74. The zero-order valence-electron chi connectivity index (χ0n) is 11.3. The third-order valence-electron chi connectivity index (χ3n) is 3.11. The van der Waals surface area contributed by atoms with E-state index in [4.69, 9.17) is 0 Å². The van der Waals surface area contributed by atoms with Crippen molar-refractivity contribution in [3.63, 3.8) is 0 Å². The predicted molar refractivity (Wildman–Crippen MR) is 79.4 cm³/mol. The molecule has 0 aliphatic heterocycles. The number of thiazole rings is 1. The van der Waals surface area contributed by atoms with E-state index in [2.05, 4.69) is 47.7 Å². The Balaban J connectivity index is 2.17. The van der Waals surface area contributed by atoms with Crippen LogP contribution >= 0.6 is 11.3 Å². The van der Waals surface area contributed by atoms with Crippen LogP contribution in [-0.4, -0.2) is 4.98 Å². The van der Waals surface area contributed by atoms with Crippen LogP contribution < -0.4 is 5.32 Å². The Hall–Kier alpha value is -1.35. The van der Waals surface area contributed by atoms with Crippen molar-refractivity contribution in [2.45, 2.75) is 40.2 Å². The van der Waals surface area contributed by atoms with Crippen LogP contribution in [0.5, 0.6) is 0 Å². The van der Waals surface area contributed by atoms with Crippen LogP contribution in [0.2, 0.25) is 0 Å². The largest absolute Gasteiger partial charge is 0.379 e. The third-order valence-corrected chi connectivity index (χ3v) is 3.93. The van der Waals surface area contributed by atoms with Crippen molar-refractivity contribution in [2.24, 2.45) is 0 Å². The summed E-state index contributed by atoms with van der Waals surface area (Å²) in [4.78, 5) is 4.49. The van der Waals surface area contributed by atoms with Crippen molar-refractivity contribution in [1.82, 2.24) is 4.98 Å². The molecular formula is C15H20N2S. The number of nitrogens with zero attached hydrogens (tertiary/aromatic N) is 1. The fraction of sp³-hybridized carbons (Fsp3) is 0.400. The first-order valence-corrected chi connectivity index (χ1v) is 7.38. The molecule has 18 heavy (non-hydrogen) atoms. The second-order valence-electron chi connectivity index (χ2n) is 4.37. The number of hydrogen-bond donors (Lipinski definition) is 1. The zero-order chi connectivity index (χ0) is 13.0. The molecule has 1 aromatic heterocycles. The first kappa shape index (κ1) is 13.1. The van der Waals surface area contributed by atoms with Gasteiger partial charge in [0.1, 0.15) is 0 Å². The molecule has 0 bridgehead atoms. The van der Waals surface area contributed by atoms with Crippen molar-refractivity contribution in [3.8, 4) is 0 Å². The summed E-state index contributed by atoms with van der Waals surface area (Å²) in [6.45, 7) is 7.26. The quantitative estimate of drug-likeness (QED) is 0.872. The number of benzene rings is 1. The minimum absolute atomic E-state index is 0.814. The van der Waals surface area contributed by atoms with E-state index in [0.29, 0.717) is 0 Å². The van der Waals surface area contributed by atoms with Gasteiger partial charge < -0.3 is 5.32 Å². The lowest BCUT2D eigenvalue weighted by atomic mass is 10.0. The van der Waals surface area contributed by atoms with E-state index in [1.54, 1.807) is 11.3 Å². The van der Waals surface area contributed by atoms with E-state index < -0.39 is 0 Å². The Morgan fingerprint density at radius 3 is 2.33 bits per heavy atom. The number of rotatable bonds is 5. The van der Waals surface area contributed by atoms with Gasteiger partial charge in [0.25, 0.3) is 0 Å². The summed E-state index contributed by atoms with van der Waals surface area (Å²) in [5.74, 6) is 0. The van der Waals surface area contributed by atoms with E-state index in [1.807, 2.05) is 6.92 Å². The number of aryl methyl sites for hydroxylation is 3. The number of anilines is 1. The average Bonchev–Trinajstić information content (AvgIpc) is 2.81. The molecule has 3 heteroatoms. The molecule has 2 nitrogen and oxygen atoms in total. The molecule has 0 unspecified atom stereocenters. The third kappa shape index (κ3) is 2.91. The topological polar surface area (TPSA) is 24.9 Å². The fourth-order valence-electron chi connectivity index (χ4n) is 2.14. The maximum atomic E-state index is 4.49. The van der Waals surface area contributed by atoms with Gasteiger partial charge in [0.15, 0.2) is 0 Å². The van der Waals surface area contributed by atoms with Crippen LogP contribution in [0.25, 0.3) is 0 Å². The molecule has 0 aliphatic rings. The molecule has 0 atom stereocenters. The summed E-state index contributed by atoms with van der Waals surface area (Å²) in [6.07, 6.45) is 2.12. The molecule has 0 spiro atoms. The maximum absolute atomic E-state index is 4.49. The Morgan fingerprint density at radius 1 is 1.17 bits per heavy atom. The Labute approximate surface area is 113 Å². The fourth-order valence-corrected chi connectivity index (χ4v) is 2.75. The molecule has 0 saturated heterocycles. The highest BCUT2D eigenvalue weighted by atomic mass is 32.1. The molecule has 1 heterocycles. The van der Waals surface area contributed by atoms with E-state index in [0.717, 1.165) is 30.1 Å². The summed E-state index contributed by atoms with van der Waals surface area (Å²) in [5, 5.41) is 6.82. The summed E-state index contributed by atoms with van der Waals surface area (Å²) in [7, 11) is 0. The van der Waals surface area contributed by atoms with Gasteiger partial charge in [-0.25, -0.2) is 4.98 Å². The molecule has 0 aliphatic carbocycles. The van der Waals surface area contributed by atoms with Crippen molar-refractivity contribution in [3.05, 3.63) is 45.4 Å². The van der Waals surface area contributed by atoms with Gasteiger partial charge in [0.05, 0.1) is 17.2 Å². The van der Waals surface area contributed by atoms with Crippen LogP contribution in [-0.2, 0) is 19.4 Å². The molecule has 0 fully saturated rings. The van der Waals surface area contributed by atoms with Crippen LogP contribution in [0.1, 0.15) is 35.7 Å². The van der Waals surface area contributed by atoms with Gasteiger partial charge in [-0.3, -0.25) is 0 Å². The predicted octanol–water partition coefficient (Wildman–Crippen LogP) is 4.19. The molecule has 0 saturated carbocycles. The molecule has 1 aromatic carbocycles. The minimum Gasteiger partial charge on any atom is -0.379 e. The highest BCUT2D eigenvalue weighted by Crippen LogP contribution is 2.23.